The van der Waals surface area contributed by atoms with Gasteiger partial charge in [-0.1, -0.05) is 6.42 Å². The van der Waals surface area contributed by atoms with E-state index in [1.54, 1.807) is 0 Å². The van der Waals surface area contributed by atoms with Crippen LogP contribution in [0.25, 0.3) is 0 Å². The smallest absolute Gasteiger partial charge is 0.221 e. The molecule has 2 N–H and O–H groups in total. The predicted molar refractivity (Wildman–Crippen MR) is 65.2 cm³/mol. The lowest BCUT2D eigenvalue weighted by Gasteiger charge is -2.22. The third-order valence-electron chi connectivity index (χ3n) is 3.64. The second-order valence-electron chi connectivity index (χ2n) is 6.40. The highest BCUT2D eigenvalue weighted by Crippen LogP contribution is 2.35. The zero-order valence-corrected chi connectivity index (χ0v) is 10.7. The molecule has 2 fully saturated rings. The minimum absolute atomic E-state index is 0.106. The minimum Gasteiger partial charge on any atom is -0.351 e. The summed E-state index contributed by atoms with van der Waals surface area (Å²) < 4.78 is 0. The quantitative estimate of drug-likeness (QED) is 0.751. The Morgan fingerprint density at radius 3 is 2.75 bits per heavy atom. The number of carbonyl (C=O) groups is 1. The van der Waals surface area contributed by atoms with Crippen molar-refractivity contribution in [3.63, 3.8) is 0 Å². The molecule has 1 amide bonds. The first-order valence-electron chi connectivity index (χ1n) is 6.51. The number of hydrogen-bond donors (Lipinski definition) is 2. The molecule has 2 rings (SSSR count). The van der Waals surface area contributed by atoms with E-state index in [-0.39, 0.29) is 11.4 Å². The number of carbonyl (C=O) groups excluding carboxylic acids is 1. The molecule has 1 heterocycles. The van der Waals surface area contributed by atoms with Crippen molar-refractivity contribution in [2.75, 3.05) is 0 Å². The summed E-state index contributed by atoms with van der Waals surface area (Å²) in [6.07, 6.45) is 5.87. The van der Waals surface area contributed by atoms with Crippen molar-refractivity contribution in [1.29, 1.82) is 0 Å². The first kappa shape index (κ1) is 11.9. The molecule has 3 atom stereocenters. The minimum atomic E-state index is -0.106. The molecule has 1 saturated carbocycles. The van der Waals surface area contributed by atoms with Gasteiger partial charge in [-0.05, 0) is 46.0 Å². The van der Waals surface area contributed by atoms with Gasteiger partial charge in [-0.3, -0.25) is 4.79 Å². The first-order chi connectivity index (χ1) is 7.44. The van der Waals surface area contributed by atoms with E-state index in [0.717, 1.165) is 5.92 Å². The largest absolute Gasteiger partial charge is 0.351 e. The Morgan fingerprint density at radius 2 is 2.12 bits per heavy atom. The van der Waals surface area contributed by atoms with Gasteiger partial charge in [-0.25, -0.2) is 0 Å². The van der Waals surface area contributed by atoms with Crippen LogP contribution in [0.5, 0.6) is 0 Å². The summed E-state index contributed by atoms with van der Waals surface area (Å²) in [5.74, 6) is 1.03. The van der Waals surface area contributed by atoms with Crippen LogP contribution in [0.3, 0.4) is 0 Å². The molecule has 1 aliphatic heterocycles. The molecule has 0 radical (unpaired) electrons. The van der Waals surface area contributed by atoms with Gasteiger partial charge < -0.3 is 10.6 Å². The van der Waals surface area contributed by atoms with Gasteiger partial charge in [0, 0.05) is 24.0 Å². The fraction of sp³-hybridized carbons (Fsp3) is 0.923. The van der Waals surface area contributed by atoms with Gasteiger partial charge >= 0.3 is 0 Å². The molecule has 0 aromatic rings. The molecule has 1 aliphatic carbocycles. The fourth-order valence-electron chi connectivity index (χ4n) is 3.11. The highest BCUT2D eigenvalue weighted by Gasteiger charge is 2.37. The van der Waals surface area contributed by atoms with Crippen LogP contribution < -0.4 is 10.6 Å². The third kappa shape index (κ3) is 2.97. The molecule has 0 aromatic carbocycles. The van der Waals surface area contributed by atoms with Gasteiger partial charge in [0.05, 0.1) is 0 Å². The summed E-state index contributed by atoms with van der Waals surface area (Å²) in [5.41, 5.74) is -0.106. The molecule has 2 aliphatic rings. The third-order valence-corrected chi connectivity index (χ3v) is 3.64. The molecule has 16 heavy (non-hydrogen) atoms. The summed E-state index contributed by atoms with van der Waals surface area (Å²) in [7, 11) is 0. The zero-order valence-electron chi connectivity index (χ0n) is 10.7. The topological polar surface area (TPSA) is 41.1 Å². The van der Waals surface area contributed by atoms with Crippen LogP contribution in [0, 0.1) is 5.92 Å². The van der Waals surface area contributed by atoms with Crippen LogP contribution in [0.15, 0.2) is 0 Å². The maximum atomic E-state index is 11.8. The summed E-state index contributed by atoms with van der Waals surface area (Å²) in [6.45, 7) is 6.09. The number of nitrogens with one attached hydrogen (secondary N) is 2. The highest BCUT2D eigenvalue weighted by atomic mass is 16.1. The molecule has 3 unspecified atom stereocenters. The lowest BCUT2D eigenvalue weighted by Crippen LogP contribution is -2.43. The van der Waals surface area contributed by atoms with E-state index < -0.39 is 0 Å². The normalized spacial score (nSPS) is 33.8. The summed E-state index contributed by atoms with van der Waals surface area (Å²) in [4.78, 5) is 11.8. The van der Waals surface area contributed by atoms with E-state index >= 15 is 0 Å². The average molecular weight is 224 g/mol. The van der Waals surface area contributed by atoms with Crippen LogP contribution in [-0.4, -0.2) is 23.5 Å². The molecule has 1 saturated heterocycles. The maximum Gasteiger partial charge on any atom is 0.221 e. The van der Waals surface area contributed by atoms with Crippen LogP contribution in [0.2, 0.25) is 0 Å². The summed E-state index contributed by atoms with van der Waals surface area (Å²) >= 11 is 0. The van der Waals surface area contributed by atoms with Crippen molar-refractivity contribution in [2.45, 2.75) is 70.5 Å². The highest BCUT2D eigenvalue weighted by molar-refractivity contribution is 5.77. The Bertz CT molecular complexity index is 258. The molecule has 0 aromatic heterocycles. The van der Waals surface area contributed by atoms with Crippen molar-refractivity contribution in [2.24, 2.45) is 5.92 Å². The van der Waals surface area contributed by atoms with Gasteiger partial charge in [0.15, 0.2) is 0 Å². The lowest BCUT2D eigenvalue weighted by atomic mass is 10.00. The Kier molecular flexibility index (Phi) is 3.24. The molecular weight excluding hydrogens is 200 g/mol. The number of rotatable bonds is 2. The molecule has 3 nitrogen and oxygen atoms in total. The molecule has 3 heteroatoms. The van der Waals surface area contributed by atoms with E-state index in [4.69, 9.17) is 0 Å². The van der Waals surface area contributed by atoms with Crippen LogP contribution >= 0.6 is 0 Å². The van der Waals surface area contributed by atoms with Crippen LogP contribution in [0.4, 0.5) is 0 Å². The molecule has 0 bridgehead atoms. The van der Waals surface area contributed by atoms with E-state index in [2.05, 4.69) is 10.6 Å². The first-order valence-corrected chi connectivity index (χ1v) is 6.51. The average Bonchev–Trinajstić information content (AvgIpc) is 2.58. The second-order valence-corrected chi connectivity index (χ2v) is 6.40. The van der Waals surface area contributed by atoms with E-state index in [1.165, 1.54) is 25.7 Å². The fourth-order valence-corrected chi connectivity index (χ4v) is 3.11. The molecule has 0 spiro atoms. The Morgan fingerprint density at radius 1 is 1.38 bits per heavy atom. The molecular formula is C13H24N2O. The van der Waals surface area contributed by atoms with E-state index in [1.807, 2.05) is 20.8 Å². The molecule has 92 valence electrons. The van der Waals surface area contributed by atoms with Gasteiger partial charge in [0.25, 0.3) is 0 Å². The second kappa shape index (κ2) is 4.36. The summed E-state index contributed by atoms with van der Waals surface area (Å²) in [5, 5.41) is 6.64. The van der Waals surface area contributed by atoms with Crippen molar-refractivity contribution >= 4 is 5.91 Å². The van der Waals surface area contributed by atoms with Gasteiger partial charge in [0.2, 0.25) is 5.91 Å². The summed E-state index contributed by atoms with van der Waals surface area (Å²) in [6, 6.07) is 1.12. The Labute approximate surface area is 98.4 Å². The predicted octanol–water partition coefficient (Wildman–Crippen LogP) is 1.82. The van der Waals surface area contributed by atoms with Crippen LogP contribution in [0.1, 0.15) is 52.9 Å². The van der Waals surface area contributed by atoms with Crippen molar-refractivity contribution in [1.82, 2.24) is 10.6 Å². The van der Waals surface area contributed by atoms with E-state index in [9.17, 15) is 4.79 Å². The van der Waals surface area contributed by atoms with Gasteiger partial charge in [-0.15, -0.1) is 0 Å². The number of amides is 1. The number of hydrogen-bond acceptors (Lipinski definition) is 2. The zero-order chi connectivity index (χ0) is 11.8. The SMILES string of the molecule is CC(C)(C)NC(=O)CC1CC2CCCC2N1. The van der Waals surface area contributed by atoms with Gasteiger partial charge in [-0.2, -0.15) is 0 Å². The van der Waals surface area contributed by atoms with Crippen molar-refractivity contribution in [3.05, 3.63) is 0 Å². The standard InChI is InChI=1S/C13H24N2O/c1-13(2,3)15-12(16)8-10-7-9-5-4-6-11(9)14-10/h9-11,14H,4-8H2,1-3H3,(H,15,16). The van der Waals surface area contributed by atoms with E-state index in [0.29, 0.717) is 18.5 Å². The Hall–Kier alpha value is -0.570. The Balaban J connectivity index is 1.77. The maximum absolute atomic E-state index is 11.8. The van der Waals surface area contributed by atoms with Crippen LogP contribution in [-0.2, 0) is 4.79 Å². The van der Waals surface area contributed by atoms with Crippen molar-refractivity contribution < 1.29 is 4.79 Å². The van der Waals surface area contributed by atoms with Crippen molar-refractivity contribution in [3.8, 4) is 0 Å². The monoisotopic (exact) mass is 224 g/mol. The lowest BCUT2D eigenvalue weighted by molar-refractivity contribution is -0.122. The number of fused-ring (bicyclic) bond motifs is 1. The van der Waals surface area contributed by atoms with Gasteiger partial charge in [0.1, 0.15) is 0 Å².